The predicted octanol–water partition coefficient (Wildman–Crippen LogP) is 4.59. The Bertz CT molecular complexity index is 897. The second-order valence-corrected chi connectivity index (χ2v) is 4.96. The Morgan fingerprint density at radius 1 is 0.857 bits per heavy atom. The molecule has 0 amide bonds. The van der Waals surface area contributed by atoms with Gasteiger partial charge in [-0.25, -0.2) is 0 Å². The Morgan fingerprint density at radius 3 is 2.62 bits per heavy atom. The van der Waals surface area contributed by atoms with Crippen molar-refractivity contribution in [1.29, 1.82) is 0 Å². The molecule has 4 aromatic rings. The Labute approximate surface area is 122 Å². The lowest BCUT2D eigenvalue weighted by Gasteiger charge is -2.06. The average Bonchev–Trinajstić information content (AvgIpc) is 2.93. The van der Waals surface area contributed by atoms with Crippen LogP contribution in [-0.2, 0) is 6.54 Å². The highest BCUT2D eigenvalue weighted by atomic mass is 16.3. The number of benzene rings is 2. The maximum Gasteiger partial charge on any atom is 0.158 e. The number of aromatic nitrogens is 1. The number of rotatable bonds is 3. The molecule has 0 saturated carbocycles. The Morgan fingerprint density at radius 2 is 1.71 bits per heavy atom. The van der Waals surface area contributed by atoms with E-state index in [2.05, 4.69) is 22.4 Å². The van der Waals surface area contributed by atoms with E-state index < -0.39 is 0 Å². The number of anilines is 1. The highest BCUT2D eigenvalue weighted by Gasteiger charge is 2.09. The van der Waals surface area contributed by atoms with E-state index in [1.54, 1.807) is 6.20 Å². The van der Waals surface area contributed by atoms with Crippen molar-refractivity contribution in [2.75, 3.05) is 5.32 Å². The minimum atomic E-state index is 0.678. The third-order valence-electron chi connectivity index (χ3n) is 3.59. The van der Waals surface area contributed by atoms with Crippen LogP contribution in [0.15, 0.2) is 71.3 Å². The van der Waals surface area contributed by atoms with Gasteiger partial charge in [-0.2, -0.15) is 0 Å². The van der Waals surface area contributed by atoms with Gasteiger partial charge >= 0.3 is 0 Å². The highest BCUT2D eigenvalue weighted by Crippen LogP contribution is 2.33. The number of fused-ring (bicyclic) bond motifs is 3. The van der Waals surface area contributed by atoms with Crippen LogP contribution in [0.5, 0.6) is 0 Å². The maximum absolute atomic E-state index is 5.99. The van der Waals surface area contributed by atoms with E-state index in [0.717, 1.165) is 33.3 Å². The largest absolute Gasteiger partial charge is 0.454 e. The zero-order chi connectivity index (χ0) is 14.1. The molecule has 0 spiro atoms. The van der Waals surface area contributed by atoms with Gasteiger partial charge in [0.25, 0.3) is 0 Å². The molecule has 0 aliphatic rings. The van der Waals surface area contributed by atoms with Gasteiger partial charge in [0, 0.05) is 17.0 Å². The summed E-state index contributed by atoms with van der Waals surface area (Å²) in [6.45, 7) is 0.678. The number of hydrogen-bond donors (Lipinski definition) is 1. The van der Waals surface area contributed by atoms with Crippen molar-refractivity contribution >= 4 is 27.6 Å². The highest BCUT2D eigenvalue weighted by molar-refractivity contribution is 6.08. The third kappa shape index (κ3) is 2.13. The lowest BCUT2D eigenvalue weighted by atomic mass is 10.1. The van der Waals surface area contributed by atoms with Crippen LogP contribution in [-0.4, -0.2) is 4.98 Å². The fraction of sp³-hybridized carbons (Fsp3) is 0.0556. The molecule has 0 atom stereocenters. The van der Waals surface area contributed by atoms with Gasteiger partial charge in [-0.1, -0.05) is 36.4 Å². The SMILES string of the molecule is c1ccc(CNc2cccc3c2oc2ccccc23)nc1. The number of hydrogen-bond acceptors (Lipinski definition) is 3. The number of pyridine rings is 1. The van der Waals surface area contributed by atoms with Crippen LogP contribution in [0.1, 0.15) is 5.69 Å². The van der Waals surface area contributed by atoms with E-state index in [-0.39, 0.29) is 0 Å². The van der Waals surface area contributed by atoms with Crippen molar-refractivity contribution in [3.63, 3.8) is 0 Å². The quantitative estimate of drug-likeness (QED) is 0.593. The van der Waals surface area contributed by atoms with Gasteiger partial charge in [-0.15, -0.1) is 0 Å². The van der Waals surface area contributed by atoms with E-state index in [4.69, 9.17) is 4.42 Å². The lowest BCUT2D eigenvalue weighted by Crippen LogP contribution is -2.01. The normalized spacial score (nSPS) is 11.0. The maximum atomic E-state index is 5.99. The molecule has 0 saturated heterocycles. The first-order valence-corrected chi connectivity index (χ1v) is 6.96. The minimum absolute atomic E-state index is 0.678. The van der Waals surface area contributed by atoms with E-state index in [1.807, 2.05) is 48.5 Å². The summed E-state index contributed by atoms with van der Waals surface area (Å²) in [5, 5.41) is 5.69. The van der Waals surface area contributed by atoms with Crippen molar-refractivity contribution in [1.82, 2.24) is 4.98 Å². The van der Waals surface area contributed by atoms with E-state index in [1.165, 1.54) is 0 Å². The summed E-state index contributed by atoms with van der Waals surface area (Å²) in [6, 6.07) is 20.2. The molecule has 3 nitrogen and oxygen atoms in total. The second-order valence-electron chi connectivity index (χ2n) is 4.96. The molecule has 0 aliphatic carbocycles. The van der Waals surface area contributed by atoms with Crippen LogP contribution >= 0.6 is 0 Å². The molecule has 102 valence electrons. The van der Waals surface area contributed by atoms with Crippen molar-refractivity contribution in [2.24, 2.45) is 0 Å². The summed E-state index contributed by atoms with van der Waals surface area (Å²) in [4.78, 5) is 4.32. The number of para-hydroxylation sites is 2. The molecular weight excluding hydrogens is 260 g/mol. The fourth-order valence-corrected chi connectivity index (χ4v) is 2.57. The molecule has 1 N–H and O–H groups in total. The summed E-state index contributed by atoms with van der Waals surface area (Å²) in [5.74, 6) is 0. The summed E-state index contributed by atoms with van der Waals surface area (Å²) in [6.07, 6.45) is 1.80. The van der Waals surface area contributed by atoms with Gasteiger partial charge in [0.05, 0.1) is 17.9 Å². The standard InChI is InChI=1S/C18H14N2O/c1-2-10-17-14(7-1)15-8-5-9-16(18(15)21-17)20-12-13-6-3-4-11-19-13/h1-11,20H,12H2. The molecule has 3 heteroatoms. The smallest absolute Gasteiger partial charge is 0.158 e. The molecule has 21 heavy (non-hydrogen) atoms. The summed E-state index contributed by atoms with van der Waals surface area (Å²) >= 11 is 0. The molecule has 0 bridgehead atoms. The number of nitrogens with one attached hydrogen (secondary N) is 1. The van der Waals surface area contributed by atoms with Gasteiger partial charge < -0.3 is 9.73 Å². The van der Waals surface area contributed by atoms with Gasteiger partial charge in [-0.05, 0) is 24.3 Å². The Hall–Kier alpha value is -2.81. The van der Waals surface area contributed by atoms with Gasteiger partial charge in [-0.3, -0.25) is 4.98 Å². The summed E-state index contributed by atoms with van der Waals surface area (Å²) < 4.78 is 5.99. The van der Waals surface area contributed by atoms with Crippen LogP contribution in [0.25, 0.3) is 21.9 Å². The summed E-state index contributed by atoms with van der Waals surface area (Å²) in [7, 11) is 0. The average molecular weight is 274 g/mol. The van der Waals surface area contributed by atoms with Crippen molar-refractivity contribution in [3.8, 4) is 0 Å². The molecule has 0 aliphatic heterocycles. The molecular formula is C18H14N2O. The molecule has 2 heterocycles. The third-order valence-corrected chi connectivity index (χ3v) is 3.59. The number of nitrogens with zero attached hydrogens (tertiary/aromatic N) is 1. The fourth-order valence-electron chi connectivity index (χ4n) is 2.57. The van der Waals surface area contributed by atoms with Crippen LogP contribution in [0.2, 0.25) is 0 Å². The lowest BCUT2D eigenvalue weighted by molar-refractivity contribution is 0.669. The first kappa shape index (κ1) is 12.0. The van der Waals surface area contributed by atoms with Crippen molar-refractivity contribution in [2.45, 2.75) is 6.54 Å². The minimum Gasteiger partial charge on any atom is -0.454 e. The first-order valence-electron chi connectivity index (χ1n) is 6.96. The zero-order valence-corrected chi connectivity index (χ0v) is 11.4. The topological polar surface area (TPSA) is 38.1 Å². The molecule has 0 unspecified atom stereocenters. The Kier molecular flexibility index (Phi) is 2.82. The van der Waals surface area contributed by atoms with Crippen LogP contribution in [0.4, 0.5) is 5.69 Å². The summed E-state index contributed by atoms with van der Waals surface area (Å²) in [5.41, 5.74) is 3.81. The van der Waals surface area contributed by atoms with Gasteiger partial charge in [0.2, 0.25) is 0 Å². The van der Waals surface area contributed by atoms with Crippen LogP contribution < -0.4 is 5.32 Å². The van der Waals surface area contributed by atoms with Crippen LogP contribution in [0.3, 0.4) is 0 Å². The van der Waals surface area contributed by atoms with Gasteiger partial charge in [0.15, 0.2) is 5.58 Å². The van der Waals surface area contributed by atoms with E-state index >= 15 is 0 Å². The monoisotopic (exact) mass is 274 g/mol. The van der Waals surface area contributed by atoms with Crippen molar-refractivity contribution in [3.05, 3.63) is 72.6 Å². The van der Waals surface area contributed by atoms with E-state index in [9.17, 15) is 0 Å². The van der Waals surface area contributed by atoms with E-state index in [0.29, 0.717) is 6.54 Å². The molecule has 0 radical (unpaired) electrons. The number of furan rings is 1. The predicted molar refractivity (Wildman–Crippen MR) is 85.3 cm³/mol. The Balaban J connectivity index is 1.75. The van der Waals surface area contributed by atoms with Crippen molar-refractivity contribution < 1.29 is 4.42 Å². The molecule has 2 aromatic carbocycles. The first-order chi connectivity index (χ1) is 10.4. The molecule has 0 fully saturated rings. The molecule has 4 rings (SSSR count). The van der Waals surface area contributed by atoms with Crippen LogP contribution in [0, 0.1) is 0 Å². The molecule has 2 aromatic heterocycles. The second kappa shape index (κ2) is 4.94. The van der Waals surface area contributed by atoms with Gasteiger partial charge in [0.1, 0.15) is 5.58 Å². The zero-order valence-electron chi connectivity index (χ0n) is 11.4.